The summed E-state index contributed by atoms with van der Waals surface area (Å²) in [6, 6.07) is 28.8. The van der Waals surface area contributed by atoms with E-state index in [1.165, 1.54) is 0 Å². The zero-order valence-corrected chi connectivity index (χ0v) is 22.2. The van der Waals surface area contributed by atoms with Gasteiger partial charge in [0.2, 0.25) is 5.76 Å². The van der Waals surface area contributed by atoms with Crippen molar-refractivity contribution in [2.75, 3.05) is 0 Å². The zero-order chi connectivity index (χ0) is 27.1. The third kappa shape index (κ3) is 4.61. The molecule has 0 fully saturated rings. The predicted octanol–water partition coefficient (Wildman–Crippen LogP) is 7.04. The van der Waals surface area contributed by atoms with Gasteiger partial charge < -0.3 is 14.1 Å². The number of benzene rings is 4. The minimum atomic E-state index is -0.570. The van der Waals surface area contributed by atoms with Gasteiger partial charge in [0, 0.05) is 6.54 Å². The number of amides is 1. The van der Waals surface area contributed by atoms with Crippen LogP contribution in [0.3, 0.4) is 0 Å². The van der Waals surface area contributed by atoms with Gasteiger partial charge in [-0.15, -0.1) is 0 Å². The molecule has 0 N–H and O–H groups in total. The molecule has 1 aromatic heterocycles. The average Bonchev–Trinajstić information content (AvgIpc) is 3.22. The van der Waals surface area contributed by atoms with Crippen molar-refractivity contribution in [2.24, 2.45) is 0 Å². The fourth-order valence-electron chi connectivity index (χ4n) is 5.16. The number of ether oxygens (including phenoxy) is 1. The lowest BCUT2D eigenvalue weighted by Gasteiger charge is -2.25. The largest absolute Gasteiger partial charge is 0.489 e. The monoisotopic (exact) mass is 515 g/mol. The van der Waals surface area contributed by atoms with Crippen molar-refractivity contribution in [1.29, 1.82) is 0 Å². The van der Waals surface area contributed by atoms with Gasteiger partial charge >= 0.3 is 0 Å². The summed E-state index contributed by atoms with van der Waals surface area (Å²) in [5.74, 6) is 0.559. The van der Waals surface area contributed by atoms with E-state index >= 15 is 0 Å². The first-order valence-electron chi connectivity index (χ1n) is 13.1. The summed E-state index contributed by atoms with van der Waals surface area (Å²) in [6.07, 6.45) is 0. The van der Waals surface area contributed by atoms with E-state index < -0.39 is 6.04 Å². The second kappa shape index (κ2) is 9.91. The van der Waals surface area contributed by atoms with Crippen LogP contribution in [0.25, 0.3) is 11.0 Å². The molecule has 39 heavy (non-hydrogen) atoms. The SMILES string of the molecule is Cc1ccc(CN2C(=O)c3oc4cc(C)c(C)cc4c(=O)c3C2c2ccc(OCc3ccccc3)cc2)cc1. The molecule has 2 heterocycles. The molecule has 0 aliphatic carbocycles. The Morgan fingerprint density at radius 3 is 2.21 bits per heavy atom. The van der Waals surface area contributed by atoms with E-state index in [9.17, 15) is 9.59 Å². The van der Waals surface area contributed by atoms with E-state index in [1.54, 1.807) is 4.90 Å². The highest BCUT2D eigenvalue weighted by atomic mass is 16.5. The number of hydrogen-bond donors (Lipinski definition) is 0. The Hall–Kier alpha value is -4.64. The van der Waals surface area contributed by atoms with Crippen molar-refractivity contribution in [3.05, 3.63) is 146 Å². The first kappa shape index (κ1) is 24.7. The molecule has 5 aromatic rings. The van der Waals surface area contributed by atoms with Crippen LogP contribution in [0.1, 0.15) is 55.5 Å². The Balaban J connectivity index is 1.42. The molecule has 194 valence electrons. The van der Waals surface area contributed by atoms with Gasteiger partial charge in [0.1, 0.15) is 17.9 Å². The molecule has 0 saturated heterocycles. The number of fused-ring (bicyclic) bond motifs is 2. The average molecular weight is 516 g/mol. The molecule has 1 unspecified atom stereocenters. The summed E-state index contributed by atoms with van der Waals surface area (Å²) in [5, 5.41) is 0.495. The highest BCUT2D eigenvalue weighted by Crippen LogP contribution is 2.40. The summed E-state index contributed by atoms with van der Waals surface area (Å²) in [7, 11) is 0. The van der Waals surface area contributed by atoms with Crippen LogP contribution in [-0.2, 0) is 13.2 Å². The van der Waals surface area contributed by atoms with E-state index in [1.807, 2.05) is 112 Å². The van der Waals surface area contributed by atoms with Gasteiger partial charge in [-0.05, 0) is 72.9 Å². The Morgan fingerprint density at radius 1 is 0.795 bits per heavy atom. The van der Waals surface area contributed by atoms with Crippen LogP contribution >= 0.6 is 0 Å². The molecule has 5 heteroatoms. The Labute approximate surface area is 227 Å². The molecular formula is C34H29NO4. The van der Waals surface area contributed by atoms with Gasteiger partial charge in [-0.25, -0.2) is 0 Å². The maximum absolute atomic E-state index is 13.9. The van der Waals surface area contributed by atoms with Crippen LogP contribution in [0.4, 0.5) is 0 Å². The van der Waals surface area contributed by atoms with Crippen molar-refractivity contribution in [1.82, 2.24) is 4.90 Å². The molecule has 1 aliphatic heterocycles. The molecular weight excluding hydrogens is 486 g/mol. The second-order valence-electron chi connectivity index (χ2n) is 10.3. The molecule has 0 bridgehead atoms. The van der Waals surface area contributed by atoms with Crippen molar-refractivity contribution >= 4 is 16.9 Å². The lowest BCUT2D eigenvalue weighted by Crippen LogP contribution is -2.29. The Bertz CT molecular complexity index is 1740. The normalized spacial score (nSPS) is 14.6. The van der Waals surface area contributed by atoms with Gasteiger partial charge in [0.25, 0.3) is 5.91 Å². The maximum atomic E-state index is 13.9. The quantitative estimate of drug-likeness (QED) is 0.243. The minimum Gasteiger partial charge on any atom is -0.489 e. The molecule has 1 amide bonds. The van der Waals surface area contributed by atoms with Gasteiger partial charge in [-0.3, -0.25) is 9.59 Å². The van der Waals surface area contributed by atoms with Crippen LogP contribution in [0.15, 0.2) is 100 Å². The summed E-state index contributed by atoms with van der Waals surface area (Å²) in [5.41, 5.74) is 6.72. The fourth-order valence-corrected chi connectivity index (χ4v) is 5.16. The lowest BCUT2D eigenvalue weighted by atomic mass is 9.97. The summed E-state index contributed by atoms with van der Waals surface area (Å²) >= 11 is 0. The van der Waals surface area contributed by atoms with Crippen molar-refractivity contribution in [2.45, 2.75) is 40.0 Å². The van der Waals surface area contributed by atoms with Crippen molar-refractivity contribution in [3.63, 3.8) is 0 Å². The third-order valence-corrected chi connectivity index (χ3v) is 7.50. The molecule has 1 atom stereocenters. The predicted molar refractivity (Wildman–Crippen MR) is 152 cm³/mol. The molecule has 0 saturated carbocycles. The number of carbonyl (C=O) groups is 1. The van der Waals surface area contributed by atoms with Crippen molar-refractivity contribution < 1.29 is 13.9 Å². The molecule has 1 aliphatic rings. The first-order chi connectivity index (χ1) is 18.9. The van der Waals surface area contributed by atoms with Crippen LogP contribution in [0.2, 0.25) is 0 Å². The molecule has 6 rings (SSSR count). The summed E-state index contributed by atoms with van der Waals surface area (Å²) < 4.78 is 12.1. The van der Waals surface area contributed by atoms with Gasteiger partial charge in [0.15, 0.2) is 5.43 Å². The van der Waals surface area contributed by atoms with E-state index in [0.29, 0.717) is 35.4 Å². The minimum absolute atomic E-state index is 0.122. The number of rotatable bonds is 6. The van der Waals surface area contributed by atoms with Crippen LogP contribution in [0.5, 0.6) is 5.75 Å². The van der Waals surface area contributed by atoms with Crippen LogP contribution < -0.4 is 10.2 Å². The molecule has 0 spiro atoms. The maximum Gasteiger partial charge on any atom is 0.291 e. The van der Waals surface area contributed by atoms with Crippen LogP contribution in [0, 0.1) is 20.8 Å². The molecule has 4 aromatic carbocycles. The van der Waals surface area contributed by atoms with E-state index in [4.69, 9.17) is 9.15 Å². The smallest absolute Gasteiger partial charge is 0.291 e. The first-order valence-corrected chi connectivity index (χ1v) is 13.1. The zero-order valence-electron chi connectivity index (χ0n) is 22.2. The Kier molecular flexibility index (Phi) is 6.27. The number of hydrogen-bond acceptors (Lipinski definition) is 4. The molecule has 5 nitrogen and oxygen atoms in total. The topological polar surface area (TPSA) is 59.8 Å². The lowest BCUT2D eigenvalue weighted by molar-refractivity contribution is 0.0714. The van der Waals surface area contributed by atoms with E-state index in [0.717, 1.165) is 33.4 Å². The van der Waals surface area contributed by atoms with Crippen LogP contribution in [-0.4, -0.2) is 10.8 Å². The third-order valence-electron chi connectivity index (χ3n) is 7.50. The van der Waals surface area contributed by atoms with Gasteiger partial charge in [0.05, 0.1) is 17.0 Å². The van der Waals surface area contributed by atoms with E-state index in [-0.39, 0.29) is 17.1 Å². The highest BCUT2D eigenvalue weighted by Gasteiger charge is 2.42. The number of nitrogens with zero attached hydrogens (tertiary/aromatic N) is 1. The van der Waals surface area contributed by atoms with Crippen molar-refractivity contribution in [3.8, 4) is 5.75 Å². The molecule has 0 radical (unpaired) electrons. The van der Waals surface area contributed by atoms with Gasteiger partial charge in [-0.1, -0.05) is 72.3 Å². The summed E-state index contributed by atoms with van der Waals surface area (Å²) in [4.78, 5) is 29.4. The van der Waals surface area contributed by atoms with E-state index in [2.05, 4.69) is 0 Å². The fraction of sp³-hybridized carbons (Fsp3) is 0.176. The number of carbonyl (C=O) groups excluding carboxylic acids is 1. The second-order valence-corrected chi connectivity index (χ2v) is 10.3. The van der Waals surface area contributed by atoms with Gasteiger partial charge in [-0.2, -0.15) is 0 Å². The summed E-state index contributed by atoms with van der Waals surface area (Å²) in [6.45, 7) is 6.79. The standard InChI is InChI=1S/C34H29NO4/c1-21-9-11-24(12-10-21)19-35-31(26-13-15-27(16-14-26)38-20-25-7-5-4-6-8-25)30-32(36)28-17-22(2)23(3)18-29(28)39-33(30)34(35)37/h4-18,31H,19-20H2,1-3H3. The Morgan fingerprint density at radius 2 is 1.49 bits per heavy atom. The highest BCUT2D eigenvalue weighted by molar-refractivity contribution is 5.99. The number of aryl methyl sites for hydroxylation is 3.